The van der Waals surface area contributed by atoms with Gasteiger partial charge in [-0.3, -0.25) is 4.79 Å². The molecule has 4 nitrogen and oxygen atoms in total. The van der Waals surface area contributed by atoms with Crippen LogP contribution in [-0.4, -0.2) is 32.0 Å². The summed E-state index contributed by atoms with van der Waals surface area (Å²) >= 11 is 0. The van der Waals surface area contributed by atoms with Crippen LogP contribution >= 0.6 is 0 Å². The largest absolute Gasteiger partial charge is 0.488 e. The van der Waals surface area contributed by atoms with Crippen LogP contribution < -0.4 is 15.4 Å². The highest BCUT2D eigenvalue weighted by atomic mass is 19.3. The van der Waals surface area contributed by atoms with Gasteiger partial charge in [0.25, 0.3) is 6.43 Å². The number of carbonyl (C=O) groups is 1. The molecule has 128 valence electrons. The van der Waals surface area contributed by atoms with Crippen LogP contribution in [0.4, 0.5) is 8.78 Å². The molecule has 2 N–H and O–H groups in total. The van der Waals surface area contributed by atoms with E-state index in [1.165, 1.54) is 0 Å². The number of ether oxygens (including phenoxy) is 1. The van der Waals surface area contributed by atoms with Gasteiger partial charge in [0.15, 0.2) is 0 Å². The normalized spacial score (nSPS) is 15.6. The van der Waals surface area contributed by atoms with Crippen molar-refractivity contribution >= 4 is 5.91 Å². The van der Waals surface area contributed by atoms with Gasteiger partial charge < -0.3 is 15.4 Å². The Hall–Kier alpha value is -1.69. The van der Waals surface area contributed by atoms with Crippen LogP contribution in [0, 0.1) is 5.92 Å². The molecule has 0 unspecified atom stereocenters. The molecule has 23 heavy (non-hydrogen) atoms. The van der Waals surface area contributed by atoms with Crippen LogP contribution in [0.1, 0.15) is 31.2 Å². The number of nitrogens with one attached hydrogen (secondary N) is 2. The molecule has 2 rings (SSSR count). The van der Waals surface area contributed by atoms with Crippen LogP contribution in [-0.2, 0) is 11.3 Å². The standard InChI is InChI=1S/C17H24F2N2O2/c18-16(19)12-23-15-3-1-2-14(10-15)11-21-17(22)5-4-13-6-8-20-9-7-13/h1-3,10,13,16,20H,4-9,11-12H2,(H,21,22). The molecule has 1 saturated heterocycles. The van der Waals surface area contributed by atoms with Crippen molar-refractivity contribution in [3.8, 4) is 5.75 Å². The molecular formula is C17H24F2N2O2. The lowest BCUT2D eigenvalue weighted by molar-refractivity contribution is -0.121. The van der Waals surface area contributed by atoms with Gasteiger partial charge in [-0.25, -0.2) is 8.78 Å². The van der Waals surface area contributed by atoms with Gasteiger partial charge in [0.05, 0.1) is 0 Å². The molecule has 1 aliphatic rings. The SMILES string of the molecule is O=C(CCC1CCNCC1)NCc1cccc(OCC(F)F)c1. The van der Waals surface area contributed by atoms with Crippen molar-refractivity contribution in [2.24, 2.45) is 5.92 Å². The van der Waals surface area contributed by atoms with Gasteiger partial charge in [0, 0.05) is 13.0 Å². The van der Waals surface area contributed by atoms with E-state index < -0.39 is 13.0 Å². The molecule has 0 aromatic heterocycles. The van der Waals surface area contributed by atoms with Crippen molar-refractivity contribution in [1.82, 2.24) is 10.6 Å². The molecule has 0 atom stereocenters. The minimum absolute atomic E-state index is 0.0300. The van der Waals surface area contributed by atoms with E-state index in [4.69, 9.17) is 4.74 Å². The first kappa shape index (κ1) is 17.7. The average molecular weight is 326 g/mol. The van der Waals surface area contributed by atoms with E-state index in [0.29, 0.717) is 24.6 Å². The minimum Gasteiger partial charge on any atom is -0.488 e. The fourth-order valence-corrected chi connectivity index (χ4v) is 2.70. The molecular weight excluding hydrogens is 302 g/mol. The number of carbonyl (C=O) groups excluding carboxylic acids is 1. The highest BCUT2D eigenvalue weighted by Crippen LogP contribution is 2.18. The lowest BCUT2D eigenvalue weighted by Gasteiger charge is -2.22. The van der Waals surface area contributed by atoms with Crippen molar-refractivity contribution in [2.75, 3.05) is 19.7 Å². The summed E-state index contributed by atoms with van der Waals surface area (Å²) in [4.78, 5) is 11.9. The van der Waals surface area contributed by atoms with Crippen molar-refractivity contribution in [1.29, 1.82) is 0 Å². The summed E-state index contributed by atoms with van der Waals surface area (Å²) in [6, 6.07) is 6.87. The molecule has 0 saturated carbocycles. The third kappa shape index (κ3) is 6.95. The number of piperidine rings is 1. The Morgan fingerprint density at radius 1 is 1.35 bits per heavy atom. The summed E-state index contributed by atoms with van der Waals surface area (Å²) in [5.74, 6) is 1.06. The molecule has 0 bridgehead atoms. The summed E-state index contributed by atoms with van der Waals surface area (Å²) in [5, 5.41) is 6.18. The van der Waals surface area contributed by atoms with E-state index in [2.05, 4.69) is 10.6 Å². The van der Waals surface area contributed by atoms with Crippen LogP contribution in [0.3, 0.4) is 0 Å². The number of hydrogen-bond acceptors (Lipinski definition) is 3. The molecule has 1 heterocycles. The highest BCUT2D eigenvalue weighted by Gasteiger charge is 2.14. The van der Waals surface area contributed by atoms with Crippen molar-refractivity contribution in [3.05, 3.63) is 29.8 Å². The second-order valence-electron chi connectivity index (χ2n) is 5.86. The fourth-order valence-electron chi connectivity index (χ4n) is 2.70. The van der Waals surface area contributed by atoms with Crippen LogP contribution in [0.15, 0.2) is 24.3 Å². The molecule has 0 spiro atoms. The molecule has 0 aliphatic carbocycles. The number of hydrogen-bond donors (Lipinski definition) is 2. The molecule has 1 fully saturated rings. The average Bonchev–Trinajstić information content (AvgIpc) is 2.57. The first-order valence-corrected chi connectivity index (χ1v) is 8.11. The summed E-state index contributed by atoms with van der Waals surface area (Å²) < 4.78 is 29.2. The second-order valence-corrected chi connectivity index (χ2v) is 5.86. The number of benzene rings is 1. The van der Waals surface area contributed by atoms with Gasteiger partial charge in [-0.1, -0.05) is 12.1 Å². The fraction of sp³-hybridized carbons (Fsp3) is 0.588. The molecule has 1 aromatic rings. The number of amides is 1. The zero-order valence-corrected chi connectivity index (χ0v) is 13.2. The molecule has 1 aromatic carbocycles. The summed E-state index contributed by atoms with van der Waals surface area (Å²) in [5.41, 5.74) is 0.840. The molecule has 6 heteroatoms. The Balaban J connectivity index is 1.69. The maximum absolute atomic E-state index is 12.1. The van der Waals surface area contributed by atoms with Gasteiger partial charge in [0.2, 0.25) is 5.91 Å². The lowest BCUT2D eigenvalue weighted by Crippen LogP contribution is -2.29. The van der Waals surface area contributed by atoms with Crippen LogP contribution in [0.25, 0.3) is 0 Å². The van der Waals surface area contributed by atoms with Gasteiger partial charge >= 0.3 is 0 Å². The van der Waals surface area contributed by atoms with E-state index in [9.17, 15) is 13.6 Å². The zero-order chi connectivity index (χ0) is 16.5. The first-order valence-electron chi connectivity index (χ1n) is 8.11. The Bertz CT molecular complexity index is 491. The predicted molar refractivity (Wildman–Crippen MR) is 84.6 cm³/mol. The Morgan fingerprint density at radius 3 is 2.87 bits per heavy atom. The smallest absolute Gasteiger partial charge is 0.272 e. The Labute approximate surface area is 135 Å². The van der Waals surface area contributed by atoms with E-state index in [-0.39, 0.29) is 5.91 Å². The van der Waals surface area contributed by atoms with Crippen molar-refractivity contribution < 1.29 is 18.3 Å². The third-order valence-corrected chi connectivity index (χ3v) is 4.00. The van der Waals surface area contributed by atoms with Crippen LogP contribution in [0.2, 0.25) is 0 Å². The van der Waals surface area contributed by atoms with Crippen molar-refractivity contribution in [2.45, 2.75) is 38.7 Å². The van der Waals surface area contributed by atoms with E-state index in [0.717, 1.165) is 37.9 Å². The Morgan fingerprint density at radius 2 is 2.13 bits per heavy atom. The maximum atomic E-state index is 12.1. The summed E-state index contributed by atoms with van der Waals surface area (Å²) in [6.07, 6.45) is 1.23. The van der Waals surface area contributed by atoms with Gasteiger partial charge in [-0.2, -0.15) is 0 Å². The van der Waals surface area contributed by atoms with Gasteiger partial charge in [-0.05, 0) is 56.0 Å². The maximum Gasteiger partial charge on any atom is 0.272 e. The van der Waals surface area contributed by atoms with Gasteiger partial charge in [-0.15, -0.1) is 0 Å². The number of alkyl halides is 2. The first-order chi connectivity index (χ1) is 11.1. The number of rotatable bonds is 8. The topological polar surface area (TPSA) is 50.4 Å². The molecule has 0 radical (unpaired) electrons. The lowest BCUT2D eigenvalue weighted by atomic mass is 9.93. The molecule has 1 amide bonds. The third-order valence-electron chi connectivity index (χ3n) is 4.00. The predicted octanol–water partition coefficient (Wildman–Crippen LogP) is 2.73. The summed E-state index contributed by atoms with van der Waals surface area (Å²) in [7, 11) is 0. The van der Waals surface area contributed by atoms with E-state index >= 15 is 0 Å². The number of halogens is 2. The van der Waals surface area contributed by atoms with E-state index in [1.54, 1.807) is 18.2 Å². The highest BCUT2D eigenvalue weighted by molar-refractivity contribution is 5.75. The zero-order valence-electron chi connectivity index (χ0n) is 13.2. The monoisotopic (exact) mass is 326 g/mol. The van der Waals surface area contributed by atoms with Crippen LogP contribution in [0.5, 0.6) is 5.75 Å². The second kappa shape index (κ2) is 9.45. The van der Waals surface area contributed by atoms with E-state index in [1.807, 2.05) is 6.07 Å². The molecule has 1 aliphatic heterocycles. The quantitative estimate of drug-likeness (QED) is 0.772. The Kier molecular flexibility index (Phi) is 7.26. The minimum atomic E-state index is -2.49. The van der Waals surface area contributed by atoms with Crippen molar-refractivity contribution in [3.63, 3.8) is 0 Å². The summed E-state index contributed by atoms with van der Waals surface area (Å²) in [6.45, 7) is 1.85. The van der Waals surface area contributed by atoms with Gasteiger partial charge in [0.1, 0.15) is 12.4 Å².